The molecule has 1 aliphatic heterocycles. The molecule has 1 aromatic carbocycles. The Hall–Kier alpha value is -2.13. The lowest BCUT2D eigenvalue weighted by molar-refractivity contribution is -0.113. The maximum Gasteiger partial charge on any atom is 0.234 e. The van der Waals surface area contributed by atoms with Crippen molar-refractivity contribution < 1.29 is 4.79 Å². The minimum absolute atomic E-state index is 0.0414. The van der Waals surface area contributed by atoms with Gasteiger partial charge in [0, 0.05) is 37.6 Å². The molecule has 0 unspecified atom stereocenters. The quantitative estimate of drug-likeness (QED) is 0.697. The highest BCUT2D eigenvalue weighted by molar-refractivity contribution is 7.99. The van der Waals surface area contributed by atoms with Gasteiger partial charge in [0.25, 0.3) is 0 Å². The molecule has 1 saturated carbocycles. The number of aromatic nitrogens is 4. The number of nitrogens with zero attached hydrogens (tertiary/aromatic N) is 6. The van der Waals surface area contributed by atoms with Crippen LogP contribution in [0.1, 0.15) is 38.6 Å². The highest BCUT2D eigenvalue weighted by Gasteiger charge is 2.22. The number of carbonyl (C=O) groups excluding carboxylic acids is 1. The third kappa shape index (κ3) is 5.08. The maximum absolute atomic E-state index is 12.4. The number of hydrogen-bond acceptors (Lipinski definition) is 7. The monoisotopic (exact) mass is 415 g/mol. The molecule has 0 atom stereocenters. The molecule has 8 nitrogen and oxygen atoms in total. The third-order valence-corrected chi connectivity index (χ3v) is 6.73. The van der Waals surface area contributed by atoms with E-state index < -0.39 is 0 Å². The van der Waals surface area contributed by atoms with E-state index in [2.05, 4.69) is 49.7 Å². The molecule has 0 radical (unpaired) electrons. The van der Waals surface area contributed by atoms with E-state index in [9.17, 15) is 4.79 Å². The van der Waals surface area contributed by atoms with Crippen LogP contribution in [-0.4, -0.2) is 69.5 Å². The van der Waals surface area contributed by atoms with Crippen molar-refractivity contribution in [1.82, 2.24) is 25.1 Å². The van der Waals surface area contributed by atoms with Crippen LogP contribution in [0.15, 0.2) is 29.4 Å². The number of nitrogens with one attached hydrogen (secondary N) is 1. The number of benzene rings is 1. The molecule has 2 fully saturated rings. The predicted molar refractivity (Wildman–Crippen MR) is 115 cm³/mol. The van der Waals surface area contributed by atoms with Crippen molar-refractivity contribution >= 4 is 29.0 Å². The molecule has 1 aromatic heterocycles. The number of tetrazole rings is 1. The number of likely N-dealkylation sites (N-methyl/N-ethyl adjacent to an activating group) is 1. The molecule has 1 saturated heterocycles. The summed E-state index contributed by atoms with van der Waals surface area (Å²) in [6.45, 7) is 7.63. The van der Waals surface area contributed by atoms with Gasteiger partial charge in [0.2, 0.25) is 11.1 Å². The van der Waals surface area contributed by atoms with Crippen LogP contribution in [0.5, 0.6) is 0 Å². The summed E-state index contributed by atoms with van der Waals surface area (Å²) in [5.74, 6) is 0.258. The first-order valence-corrected chi connectivity index (χ1v) is 11.5. The fourth-order valence-corrected chi connectivity index (χ4v) is 4.81. The van der Waals surface area contributed by atoms with Crippen LogP contribution in [0.4, 0.5) is 11.4 Å². The Labute approximate surface area is 176 Å². The Balaban J connectivity index is 1.26. The Kier molecular flexibility index (Phi) is 6.66. The summed E-state index contributed by atoms with van der Waals surface area (Å²) in [5, 5.41) is 15.7. The van der Waals surface area contributed by atoms with Crippen LogP contribution < -0.4 is 10.2 Å². The Morgan fingerprint density at radius 3 is 2.55 bits per heavy atom. The lowest BCUT2D eigenvalue weighted by atomic mass is 10.2. The van der Waals surface area contributed by atoms with Gasteiger partial charge in [0.05, 0.1) is 11.8 Å². The van der Waals surface area contributed by atoms with Gasteiger partial charge in [-0.1, -0.05) is 31.5 Å². The van der Waals surface area contributed by atoms with Gasteiger partial charge in [-0.2, -0.15) is 0 Å². The highest BCUT2D eigenvalue weighted by atomic mass is 32.2. The molecule has 1 N–H and O–H groups in total. The zero-order chi connectivity index (χ0) is 20.1. The SMILES string of the molecule is CCN1CCN(c2ccc(NC(=O)CSc3nnnn3C3CCCC3)cc2)CC1. The van der Waals surface area contributed by atoms with Crippen molar-refractivity contribution in [3.63, 3.8) is 0 Å². The van der Waals surface area contributed by atoms with Crippen molar-refractivity contribution in [3.05, 3.63) is 24.3 Å². The molecule has 1 aliphatic carbocycles. The summed E-state index contributed by atoms with van der Waals surface area (Å²) in [6.07, 6.45) is 4.67. The van der Waals surface area contributed by atoms with Gasteiger partial charge < -0.3 is 15.1 Å². The second-order valence-corrected chi connectivity index (χ2v) is 8.59. The number of piperazine rings is 1. The summed E-state index contributed by atoms with van der Waals surface area (Å²) in [4.78, 5) is 17.2. The lowest BCUT2D eigenvalue weighted by Gasteiger charge is -2.35. The van der Waals surface area contributed by atoms with E-state index in [0.717, 1.165) is 56.4 Å². The Morgan fingerprint density at radius 2 is 1.86 bits per heavy atom. The molecular weight excluding hydrogens is 386 g/mol. The number of carbonyl (C=O) groups is 1. The standard InChI is InChI=1S/C20H29N7OS/c1-2-25-11-13-26(14-12-25)17-9-7-16(8-10-17)21-19(28)15-29-20-22-23-24-27(20)18-5-3-4-6-18/h7-10,18H,2-6,11-15H2,1H3,(H,21,28). The van der Waals surface area contributed by atoms with Crippen LogP contribution >= 0.6 is 11.8 Å². The fraction of sp³-hybridized carbons (Fsp3) is 0.600. The first-order chi connectivity index (χ1) is 14.2. The van der Waals surface area contributed by atoms with E-state index >= 15 is 0 Å². The zero-order valence-electron chi connectivity index (χ0n) is 17.0. The van der Waals surface area contributed by atoms with Gasteiger partial charge in [-0.05, 0) is 54.1 Å². The van der Waals surface area contributed by atoms with Crippen molar-refractivity contribution in [1.29, 1.82) is 0 Å². The summed E-state index contributed by atoms with van der Waals surface area (Å²) in [6, 6.07) is 8.51. The Bertz CT molecular complexity index is 795. The van der Waals surface area contributed by atoms with E-state index in [1.165, 1.54) is 30.3 Å². The number of hydrogen-bond donors (Lipinski definition) is 1. The van der Waals surface area contributed by atoms with E-state index in [4.69, 9.17) is 0 Å². The van der Waals surface area contributed by atoms with Gasteiger partial charge in [0.1, 0.15) is 0 Å². The summed E-state index contributed by atoms with van der Waals surface area (Å²) in [7, 11) is 0. The molecule has 156 valence electrons. The maximum atomic E-state index is 12.4. The van der Waals surface area contributed by atoms with Gasteiger partial charge in [-0.3, -0.25) is 4.79 Å². The van der Waals surface area contributed by atoms with Crippen LogP contribution in [0.3, 0.4) is 0 Å². The number of anilines is 2. The minimum Gasteiger partial charge on any atom is -0.369 e. The molecule has 9 heteroatoms. The van der Waals surface area contributed by atoms with Gasteiger partial charge in [-0.25, -0.2) is 4.68 Å². The first kappa shape index (κ1) is 20.2. The van der Waals surface area contributed by atoms with Crippen molar-refractivity contribution in [2.75, 3.05) is 48.7 Å². The van der Waals surface area contributed by atoms with Gasteiger partial charge in [0.15, 0.2) is 0 Å². The van der Waals surface area contributed by atoms with Crippen LogP contribution in [0.25, 0.3) is 0 Å². The topological polar surface area (TPSA) is 79.2 Å². The van der Waals surface area contributed by atoms with E-state index in [1.807, 2.05) is 16.8 Å². The third-order valence-electron chi connectivity index (χ3n) is 5.80. The molecule has 1 amide bonds. The second kappa shape index (κ2) is 9.58. The second-order valence-electron chi connectivity index (χ2n) is 7.65. The molecule has 2 heterocycles. The van der Waals surface area contributed by atoms with Crippen molar-refractivity contribution in [2.45, 2.75) is 43.8 Å². The molecular formula is C20H29N7OS. The highest BCUT2D eigenvalue weighted by Crippen LogP contribution is 2.31. The smallest absolute Gasteiger partial charge is 0.234 e. The van der Waals surface area contributed by atoms with E-state index in [1.54, 1.807) is 0 Å². The molecule has 0 bridgehead atoms. The minimum atomic E-state index is -0.0414. The van der Waals surface area contributed by atoms with E-state index in [0.29, 0.717) is 11.8 Å². The van der Waals surface area contributed by atoms with Crippen LogP contribution in [-0.2, 0) is 4.79 Å². The van der Waals surface area contributed by atoms with Crippen molar-refractivity contribution in [2.24, 2.45) is 0 Å². The van der Waals surface area contributed by atoms with Gasteiger partial charge >= 0.3 is 0 Å². The number of rotatable bonds is 7. The van der Waals surface area contributed by atoms with Gasteiger partial charge in [-0.15, -0.1) is 5.10 Å². The first-order valence-electron chi connectivity index (χ1n) is 10.5. The molecule has 4 rings (SSSR count). The lowest BCUT2D eigenvalue weighted by Crippen LogP contribution is -2.46. The largest absolute Gasteiger partial charge is 0.369 e. The zero-order valence-corrected chi connectivity index (χ0v) is 17.8. The summed E-state index contributed by atoms with van der Waals surface area (Å²) < 4.78 is 1.89. The van der Waals surface area contributed by atoms with Crippen molar-refractivity contribution in [3.8, 4) is 0 Å². The molecule has 29 heavy (non-hydrogen) atoms. The molecule has 2 aromatic rings. The summed E-state index contributed by atoms with van der Waals surface area (Å²) in [5.41, 5.74) is 2.03. The average Bonchev–Trinajstić information content (AvgIpc) is 3.44. The fourth-order valence-electron chi connectivity index (χ4n) is 4.06. The molecule has 2 aliphatic rings. The number of thioether (sulfide) groups is 1. The van der Waals surface area contributed by atoms with Crippen LogP contribution in [0, 0.1) is 0 Å². The Morgan fingerprint density at radius 1 is 1.14 bits per heavy atom. The van der Waals surface area contributed by atoms with E-state index in [-0.39, 0.29) is 5.91 Å². The summed E-state index contributed by atoms with van der Waals surface area (Å²) >= 11 is 1.40. The number of amides is 1. The molecule has 0 spiro atoms. The predicted octanol–water partition coefficient (Wildman–Crippen LogP) is 2.66. The normalized spacial score (nSPS) is 18.3. The average molecular weight is 416 g/mol. The van der Waals surface area contributed by atoms with Crippen LogP contribution in [0.2, 0.25) is 0 Å².